The van der Waals surface area contributed by atoms with Gasteiger partial charge in [-0.05, 0) is 31.2 Å². The highest BCUT2D eigenvalue weighted by Crippen LogP contribution is 2.12. The lowest BCUT2D eigenvalue weighted by Crippen LogP contribution is -2.35. The number of hydrogen-bond donors (Lipinski definition) is 2. The number of benzene rings is 2. The van der Waals surface area contributed by atoms with Gasteiger partial charge >= 0.3 is 5.76 Å². The van der Waals surface area contributed by atoms with Crippen molar-refractivity contribution in [3.05, 3.63) is 64.6 Å². The van der Waals surface area contributed by atoms with Crippen molar-refractivity contribution in [1.29, 1.82) is 0 Å². The third-order valence-corrected chi connectivity index (χ3v) is 5.68. The van der Waals surface area contributed by atoms with Crippen molar-refractivity contribution in [2.45, 2.75) is 24.8 Å². The number of carbonyl (C=O) groups is 1. The molecule has 1 aromatic heterocycles. The molecule has 3 rings (SSSR count). The monoisotopic (exact) mass is 403 g/mol. The SMILES string of the molecule is Cc1ccc(S(=O)(=O)NCCNC(=O)CCn2c(=O)oc3ccccc32)cc1. The van der Waals surface area contributed by atoms with Crippen molar-refractivity contribution in [2.75, 3.05) is 13.1 Å². The zero-order valence-electron chi connectivity index (χ0n) is 15.3. The lowest BCUT2D eigenvalue weighted by atomic mass is 10.2. The zero-order chi connectivity index (χ0) is 20.1. The maximum absolute atomic E-state index is 12.2. The summed E-state index contributed by atoms with van der Waals surface area (Å²) in [5, 5.41) is 2.63. The number of aromatic nitrogens is 1. The van der Waals surface area contributed by atoms with E-state index in [0.717, 1.165) is 5.56 Å². The van der Waals surface area contributed by atoms with E-state index in [1.807, 2.05) is 6.92 Å². The van der Waals surface area contributed by atoms with Gasteiger partial charge in [-0.2, -0.15) is 0 Å². The minimum Gasteiger partial charge on any atom is -0.408 e. The number of nitrogens with zero attached hydrogens (tertiary/aromatic N) is 1. The summed E-state index contributed by atoms with van der Waals surface area (Å²) in [6.45, 7) is 2.26. The van der Waals surface area contributed by atoms with Crippen molar-refractivity contribution in [3.63, 3.8) is 0 Å². The molecular formula is C19H21N3O5S. The topological polar surface area (TPSA) is 110 Å². The molecule has 0 aliphatic rings. The number of aryl methyl sites for hydroxylation is 2. The molecule has 0 aliphatic carbocycles. The van der Waals surface area contributed by atoms with Crippen LogP contribution in [0.4, 0.5) is 0 Å². The van der Waals surface area contributed by atoms with E-state index < -0.39 is 15.8 Å². The van der Waals surface area contributed by atoms with Gasteiger partial charge in [-0.15, -0.1) is 0 Å². The van der Waals surface area contributed by atoms with E-state index in [0.29, 0.717) is 11.1 Å². The molecule has 0 bridgehead atoms. The highest BCUT2D eigenvalue weighted by molar-refractivity contribution is 7.89. The zero-order valence-corrected chi connectivity index (χ0v) is 16.2. The molecule has 1 amide bonds. The van der Waals surface area contributed by atoms with E-state index in [1.165, 1.54) is 16.7 Å². The molecule has 0 radical (unpaired) electrons. The number of sulfonamides is 1. The second-order valence-electron chi connectivity index (χ2n) is 6.30. The average Bonchev–Trinajstić information content (AvgIpc) is 2.99. The Morgan fingerprint density at radius 3 is 2.54 bits per heavy atom. The molecule has 2 N–H and O–H groups in total. The van der Waals surface area contributed by atoms with E-state index in [9.17, 15) is 18.0 Å². The Bertz CT molecular complexity index is 1130. The van der Waals surface area contributed by atoms with E-state index in [4.69, 9.17) is 4.42 Å². The predicted octanol–water partition coefficient (Wildman–Crippen LogP) is 1.39. The number of carbonyl (C=O) groups excluding carboxylic acids is 1. The van der Waals surface area contributed by atoms with Crippen molar-refractivity contribution in [3.8, 4) is 0 Å². The maximum Gasteiger partial charge on any atom is 0.419 e. The smallest absolute Gasteiger partial charge is 0.408 e. The summed E-state index contributed by atoms with van der Waals surface area (Å²) in [5.41, 5.74) is 2.07. The average molecular weight is 403 g/mol. The second-order valence-corrected chi connectivity index (χ2v) is 8.07. The van der Waals surface area contributed by atoms with Gasteiger partial charge in [0, 0.05) is 26.1 Å². The van der Waals surface area contributed by atoms with Gasteiger partial charge in [-0.25, -0.2) is 17.9 Å². The molecule has 28 heavy (non-hydrogen) atoms. The fourth-order valence-corrected chi connectivity index (χ4v) is 3.75. The highest BCUT2D eigenvalue weighted by Gasteiger charge is 2.13. The standard InChI is InChI=1S/C19H21N3O5S/c1-14-6-8-15(9-7-14)28(25,26)21-12-11-20-18(23)10-13-22-16-4-2-3-5-17(16)27-19(22)24/h2-9,21H,10-13H2,1H3,(H,20,23). The molecule has 0 unspecified atom stereocenters. The van der Waals surface area contributed by atoms with Gasteiger partial charge in [0.25, 0.3) is 0 Å². The molecular weight excluding hydrogens is 382 g/mol. The largest absolute Gasteiger partial charge is 0.419 e. The van der Waals surface area contributed by atoms with Gasteiger partial charge < -0.3 is 9.73 Å². The molecule has 0 saturated carbocycles. The van der Waals surface area contributed by atoms with Crippen LogP contribution in [0, 0.1) is 6.92 Å². The second kappa shape index (κ2) is 8.41. The third-order valence-electron chi connectivity index (χ3n) is 4.21. The fraction of sp³-hybridized carbons (Fsp3) is 0.263. The molecule has 3 aromatic rings. The molecule has 1 heterocycles. The summed E-state index contributed by atoms with van der Waals surface area (Å²) in [6.07, 6.45) is 0.0775. The van der Waals surface area contributed by atoms with Crippen molar-refractivity contribution in [1.82, 2.24) is 14.6 Å². The molecule has 0 saturated heterocycles. The van der Waals surface area contributed by atoms with Gasteiger partial charge in [-0.3, -0.25) is 9.36 Å². The minimum atomic E-state index is -3.61. The van der Waals surface area contributed by atoms with Crippen LogP contribution in [0.15, 0.2) is 62.6 Å². The molecule has 0 aliphatic heterocycles. The van der Waals surface area contributed by atoms with Crippen molar-refractivity contribution >= 4 is 27.0 Å². The molecule has 148 valence electrons. The summed E-state index contributed by atoms with van der Waals surface area (Å²) in [4.78, 5) is 24.0. The number of para-hydroxylation sites is 2. The molecule has 9 heteroatoms. The molecule has 8 nitrogen and oxygen atoms in total. The first-order valence-electron chi connectivity index (χ1n) is 8.78. The van der Waals surface area contributed by atoms with Gasteiger partial charge in [-0.1, -0.05) is 29.8 Å². The Labute approximate surface area is 162 Å². The Hall–Kier alpha value is -2.91. The lowest BCUT2D eigenvalue weighted by Gasteiger charge is -2.08. The molecule has 2 aromatic carbocycles. The van der Waals surface area contributed by atoms with Crippen LogP contribution in [0.1, 0.15) is 12.0 Å². The maximum atomic E-state index is 12.2. The summed E-state index contributed by atoms with van der Waals surface area (Å²) >= 11 is 0. The quantitative estimate of drug-likeness (QED) is 0.552. The van der Waals surface area contributed by atoms with Crippen LogP contribution >= 0.6 is 0 Å². The first-order chi connectivity index (χ1) is 13.4. The number of hydrogen-bond acceptors (Lipinski definition) is 5. The predicted molar refractivity (Wildman–Crippen MR) is 104 cm³/mol. The highest BCUT2D eigenvalue weighted by atomic mass is 32.2. The summed E-state index contributed by atoms with van der Waals surface area (Å²) in [5.74, 6) is -0.799. The number of oxazole rings is 1. The molecule has 0 atom stereocenters. The lowest BCUT2D eigenvalue weighted by molar-refractivity contribution is -0.121. The summed E-state index contributed by atoms with van der Waals surface area (Å²) in [7, 11) is -3.61. The van der Waals surface area contributed by atoms with E-state index in [1.54, 1.807) is 36.4 Å². The molecule has 0 fully saturated rings. The van der Waals surface area contributed by atoms with E-state index >= 15 is 0 Å². The van der Waals surface area contributed by atoms with E-state index in [-0.39, 0.29) is 36.9 Å². The first-order valence-corrected chi connectivity index (χ1v) is 10.3. The minimum absolute atomic E-state index is 0.0660. The van der Waals surface area contributed by atoms with Gasteiger partial charge in [0.2, 0.25) is 15.9 Å². The summed E-state index contributed by atoms with van der Waals surface area (Å²) in [6, 6.07) is 13.5. The van der Waals surface area contributed by atoms with Crippen LogP contribution in [-0.2, 0) is 21.4 Å². The van der Waals surface area contributed by atoms with Crippen LogP contribution in [0.5, 0.6) is 0 Å². The van der Waals surface area contributed by atoms with Gasteiger partial charge in [0.15, 0.2) is 5.58 Å². The first kappa shape index (κ1) is 19.8. The number of fused-ring (bicyclic) bond motifs is 1. The van der Waals surface area contributed by atoms with Gasteiger partial charge in [0.05, 0.1) is 10.4 Å². The number of amides is 1. The Kier molecular flexibility index (Phi) is 5.96. The Balaban J connectivity index is 1.46. The summed E-state index contributed by atoms with van der Waals surface area (Å²) < 4.78 is 33.3. The Morgan fingerprint density at radius 2 is 1.79 bits per heavy atom. The van der Waals surface area contributed by atoms with Crippen LogP contribution in [0.2, 0.25) is 0 Å². The third kappa shape index (κ3) is 4.68. The van der Waals surface area contributed by atoms with E-state index in [2.05, 4.69) is 10.0 Å². The Morgan fingerprint density at radius 1 is 1.07 bits per heavy atom. The van der Waals surface area contributed by atoms with Crippen LogP contribution in [0.25, 0.3) is 11.1 Å². The van der Waals surface area contributed by atoms with Crippen molar-refractivity contribution < 1.29 is 17.6 Å². The van der Waals surface area contributed by atoms with Crippen LogP contribution in [0.3, 0.4) is 0 Å². The van der Waals surface area contributed by atoms with Gasteiger partial charge in [0.1, 0.15) is 0 Å². The number of rotatable bonds is 8. The normalized spacial score (nSPS) is 11.6. The van der Waals surface area contributed by atoms with Crippen molar-refractivity contribution in [2.24, 2.45) is 0 Å². The number of nitrogens with one attached hydrogen (secondary N) is 2. The molecule has 0 spiro atoms. The fourth-order valence-electron chi connectivity index (χ4n) is 2.72. The van der Waals surface area contributed by atoms with Crippen LogP contribution < -0.4 is 15.8 Å². The van der Waals surface area contributed by atoms with Crippen LogP contribution in [-0.4, -0.2) is 32.0 Å².